The maximum Gasteiger partial charge on any atom is 0.0802 e. The van der Waals surface area contributed by atoms with E-state index in [9.17, 15) is 0 Å². The molecule has 0 radical (unpaired) electrons. The van der Waals surface area contributed by atoms with Crippen LogP contribution < -0.4 is 0 Å². The van der Waals surface area contributed by atoms with Gasteiger partial charge in [0.25, 0.3) is 0 Å². The first-order valence-corrected chi connectivity index (χ1v) is 18.8. The minimum Gasteiger partial charge on any atom is -0.310 e. The van der Waals surface area contributed by atoms with Crippen LogP contribution in [0.3, 0.4) is 0 Å². The van der Waals surface area contributed by atoms with Crippen LogP contribution in [0.25, 0.3) is 94.4 Å². The van der Waals surface area contributed by atoms with Crippen LogP contribution in [-0.4, -0.2) is 14.1 Å². The summed E-state index contributed by atoms with van der Waals surface area (Å²) in [5.41, 5.74) is 16.9. The highest BCUT2D eigenvalue weighted by molar-refractivity contribution is 6.20. The van der Waals surface area contributed by atoms with Gasteiger partial charge in [0.15, 0.2) is 0 Å². The monoisotopic (exact) mass is 689 g/mol. The highest BCUT2D eigenvalue weighted by Crippen LogP contribution is 2.41. The third kappa shape index (κ3) is 4.86. The number of hydrogen-bond acceptors (Lipinski definition) is 1. The lowest BCUT2D eigenvalue weighted by Crippen LogP contribution is -2.01. The van der Waals surface area contributed by atoms with Crippen LogP contribution in [0.4, 0.5) is 0 Å². The summed E-state index contributed by atoms with van der Waals surface area (Å²) in [6.45, 7) is 0. The van der Waals surface area contributed by atoms with E-state index in [1.54, 1.807) is 0 Å². The fraction of sp³-hybridized carbons (Fsp3) is 0.0392. The molecule has 3 heteroatoms. The molecule has 0 unspecified atom stereocenters. The standard InChI is InChI=1S/C51H35N3/c1-4-13-34(14-5-1)39-29-40(35-15-6-2-7-16-35)31-42(30-39)54-46-21-11-10-20-43(46)45-32-37(24-26-47(45)54)38-22-25-44-49(33-38)53(41-18-8-3-9-19-41)48-27-23-36-17-12-28-52-51(36)50(44)48/h1-9,11-19,21-33H,10,20H2. The smallest absolute Gasteiger partial charge is 0.0802 e. The van der Waals surface area contributed by atoms with Crippen molar-refractivity contribution in [1.29, 1.82) is 0 Å². The molecule has 1 aliphatic rings. The van der Waals surface area contributed by atoms with E-state index in [2.05, 4.69) is 185 Å². The first-order valence-electron chi connectivity index (χ1n) is 18.8. The second-order valence-electron chi connectivity index (χ2n) is 14.3. The Morgan fingerprint density at radius 1 is 0.444 bits per heavy atom. The van der Waals surface area contributed by atoms with Crippen molar-refractivity contribution >= 4 is 49.7 Å². The summed E-state index contributed by atoms with van der Waals surface area (Å²) < 4.78 is 4.88. The van der Waals surface area contributed by atoms with Crippen molar-refractivity contribution in [3.05, 3.63) is 193 Å². The fourth-order valence-corrected chi connectivity index (χ4v) is 8.71. The molecule has 0 atom stereocenters. The minimum atomic E-state index is 1.02. The molecule has 54 heavy (non-hydrogen) atoms. The van der Waals surface area contributed by atoms with Gasteiger partial charge in [-0.05, 0) is 119 Å². The van der Waals surface area contributed by atoms with Crippen molar-refractivity contribution in [3.8, 4) is 44.8 Å². The van der Waals surface area contributed by atoms with Gasteiger partial charge in [-0.25, -0.2) is 0 Å². The zero-order valence-electron chi connectivity index (χ0n) is 29.7. The van der Waals surface area contributed by atoms with E-state index >= 15 is 0 Å². The Morgan fingerprint density at radius 2 is 1.13 bits per heavy atom. The Kier molecular flexibility index (Phi) is 6.99. The molecule has 0 N–H and O–H groups in total. The zero-order chi connectivity index (χ0) is 35.6. The number of rotatable bonds is 5. The first kappa shape index (κ1) is 30.6. The second kappa shape index (κ2) is 12.3. The van der Waals surface area contributed by atoms with Crippen molar-refractivity contribution in [2.45, 2.75) is 12.8 Å². The molecule has 10 aromatic rings. The topological polar surface area (TPSA) is 22.8 Å². The van der Waals surface area contributed by atoms with Gasteiger partial charge >= 0.3 is 0 Å². The van der Waals surface area contributed by atoms with Crippen LogP contribution in [0, 0.1) is 0 Å². The van der Waals surface area contributed by atoms with E-state index < -0.39 is 0 Å². The van der Waals surface area contributed by atoms with Crippen molar-refractivity contribution in [2.24, 2.45) is 0 Å². The van der Waals surface area contributed by atoms with Crippen LogP contribution in [-0.2, 0) is 6.42 Å². The van der Waals surface area contributed by atoms with E-state index in [4.69, 9.17) is 4.98 Å². The minimum absolute atomic E-state index is 1.02. The van der Waals surface area contributed by atoms with E-state index in [0.717, 1.165) is 29.4 Å². The van der Waals surface area contributed by atoms with Gasteiger partial charge in [0.2, 0.25) is 0 Å². The Bertz CT molecular complexity index is 3020. The van der Waals surface area contributed by atoms with Crippen molar-refractivity contribution in [2.75, 3.05) is 0 Å². The van der Waals surface area contributed by atoms with Gasteiger partial charge in [0, 0.05) is 44.8 Å². The van der Waals surface area contributed by atoms with Gasteiger partial charge in [0.1, 0.15) is 0 Å². The number of benzene rings is 7. The summed E-state index contributed by atoms with van der Waals surface area (Å²) in [6.07, 6.45) is 8.62. The van der Waals surface area contributed by atoms with Crippen molar-refractivity contribution in [3.63, 3.8) is 0 Å². The van der Waals surface area contributed by atoms with Crippen molar-refractivity contribution < 1.29 is 0 Å². The molecule has 0 fully saturated rings. The summed E-state index contributed by atoms with van der Waals surface area (Å²) >= 11 is 0. The highest BCUT2D eigenvalue weighted by Gasteiger charge is 2.21. The summed E-state index contributed by atoms with van der Waals surface area (Å²) in [5, 5.41) is 4.88. The van der Waals surface area contributed by atoms with Crippen LogP contribution in [0.2, 0.25) is 0 Å². The van der Waals surface area contributed by atoms with E-state index in [0.29, 0.717) is 0 Å². The lowest BCUT2D eigenvalue weighted by molar-refractivity contribution is 0.968. The average molecular weight is 690 g/mol. The van der Waals surface area contributed by atoms with Crippen LogP contribution >= 0.6 is 0 Å². The predicted octanol–water partition coefficient (Wildman–Crippen LogP) is 13.2. The Labute approximate surface area is 313 Å². The maximum absolute atomic E-state index is 4.87. The fourth-order valence-electron chi connectivity index (χ4n) is 8.71. The van der Waals surface area contributed by atoms with Gasteiger partial charge in [-0.15, -0.1) is 0 Å². The van der Waals surface area contributed by atoms with E-state index in [1.807, 2.05) is 12.3 Å². The van der Waals surface area contributed by atoms with E-state index in [-0.39, 0.29) is 0 Å². The Balaban J connectivity index is 1.12. The molecule has 0 bridgehead atoms. The molecule has 0 amide bonds. The molecule has 0 spiro atoms. The molecule has 3 heterocycles. The summed E-state index contributed by atoms with van der Waals surface area (Å²) in [7, 11) is 0. The molecule has 0 saturated heterocycles. The Morgan fingerprint density at radius 3 is 1.89 bits per heavy atom. The molecule has 11 rings (SSSR count). The lowest BCUT2D eigenvalue weighted by atomic mass is 9.97. The second-order valence-corrected chi connectivity index (χ2v) is 14.3. The average Bonchev–Trinajstić information content (AvgIpc) is 3.77. The van der Waals surface area contributed by atoms with Crippen LogP contribution in [0.5, 0.6) is 0 Å². The normalized spacial score (nSPS) is 12.6. The molecular formula is C51H35N3. The lowest BCUT2D eigenvalue weighted by Gasteiger charge is -2.16. The number of hydrogen-bond donors (Lipinski definition) is 0. The number of allylic oxidation sites excluding steroid dienone is 1. The molecule has 0 saturated carbocycles. The summed E-state index contributed by atoms with van der Waals surface area (Å²) in [4.78, 5) is 4.87. The number of aryl methyl sites for hydroxylation is 1. The van der Waals surface area contributed by atoms with Crippen LogP contribution in [0.15, 0.2) is 182 Å². The number of fused-ring (bicyclic) bond motifs is 8. The molecule has 3 nitrogen and oxygen atoms in total. The van der Waals surface area contributed by atoms with Gasteiger partial charge in [-0.2, -0.15) is 0 Å². The van der Waals surface area contributed by atoms with Gasteiger partial charge < -0.3 is 9.13 Å². The molecule has 254 valence electrons. The van der Waals surface area contributed by atoms with Gasteiger partial charge in [-0.1, -0.05) is 115 Å². The Hall–Kier alpha value is -6.97. The number of pyridine rings is 1. The molecule has 7 aromatic carbocycles. The highest BCUT2D eigenvalue weighted by atomic mass is 15.0. The van der Waals surface area contributed by atoms with Gasteiger partial charge in [0.05, 0.1) is 22.1 Å². The summed E-state index contributed by atoms with van der Waals surface area (Å²) in [6, 6.07) is 61.8. The number of aromatic nitrogens is 3. The van der Waals surface area contributed by atoms with E-state index in [1.165, 1.54) is 83.0 Å². The maximum atomic E-state index is 4.87. The van der Waals surface area contributed by atoms with Crippen molar-refractivity contribution in [1.82, 2.24) is 14.1 Å². The molecule has 3 aromatic heterocycles. The largest absolute Gasteiger partial charge is 0.310 e. The van der Waals surface area contributed by atoms with Crippen LogP contribution in [0.1, 0.15) is 17.7 Å². The molecule has 1 aliphatic carbocycles. The van der Waals surface area contributed by atoms with Gasteiger partial charge in [-0.3, -0.25) is 4.98 Å². The SMILES string of the molecule is C1=Cc2c(c3cc(-c4ccc5c6c7ncccc7ccc6n(-c6ccccc6)c5c4)ccc3n2-c2cc(-c3ccccc3)cc(-c3ccccc3)c2)CC1. The summed E-state index contributed by atoms with van der Waals surface area (Å²) in [5.74, 6) is 0. The molecule has 0 aliphatic heterocycles. The first-order chi connectivity index (χ1) is 26.8. The quantitative estimate of drug-likeness (QED) is 0.176. The number of para-hydroxylation sites is 1. The number of nitrogens with zero attached hydrogens (tertiary/aromatic N) is 3. The molecular weight excluding hydrogens is 655 g/mol. The zero-order valence-corrected chi connectivity index (χ0v) is 29.7. The third-order valence-electron chi connectivity index (χ3n) is 11.2. The third-order valence-corrected chi connectivity index (χ3v) is 11.2. The predicted molar refractivity (Wildman–Crippen MR) is 227 cm³/mol.